The zero-order chi connectivity index (χ0) is 30.6. The Morgan fingerprint density at radius 3 is 2.09 bits per heavy atom. The molecule has 5 rings (SSSR count). The highest BCUT2D eigenvalue weighted by Gasteiger charge is 2.39. The second kappa shape index (κ2) is 12.7. The standard InChI is InChI=1S/C35H34N2O5S/c1-25-20-22-29(23-21-25)43(40,41)37(28-15-8-5-9-16-28)35(39)33(27-13-6-4-7-14-27)34-30-17-10-11-18-31(30)36(3)32(34)19-12-24-42-26(2)38/h4-11,13-18,20-23,33H,12,19,24H2,1-3H3. The van der Waals surface area contributed by atoms with Gasteiger partial charge in [-0.3, -0.25) is 9.59 Å². The summed E-state index contributed by atoms with van der Waals surface area (Å²) in [5.41, 5.74) is 4.36. The number of hydrogen-bond donors (Lipinski definition) is 0. The zero-order valence-electron chi connectivity index (χ0n) is 24.4. The monoisotopic (exact) mass is 594 g/mol. The lowest BCUT2D eigenvalue weighted by molar-refractivity contribution is -0.141. The van der Waals surface area contributed by atoms with Crippen LogP contribution >= 0.6 is 0 Å². The minimum atomic E-state index is -4.30. The van der Waals surface area contributed by atoms with Gasteiger partial charge in [0.2, 0.25) is 0 Å². The summed E-state index contributed by atoms with van der Waals surface area (Å²) < 4.78 is 36.9. The van der Waals surface area contributed by atoms with E-state index >= 15 is 4.79 Å². The number of ether oxygens (including phenoxy) is 1. The summed E-state index contributed by atoms with van der Waals surface area (Å²) in [6.07, 6.45) is 1.05. The summed E-state index contributed by atoms with van der Waals surface area (Å²) in [4.78, 5) is 26.5. The molecule has 0 saturated heterocycles. The van der Waals surface area contributed by atoms with Crippen molar-refractivity contribution in [2.75, 3.05) is 10.9 Å². The van der Waals surface area contributed by atoms with Crippen LogP contribution in [0.3, 0.4) is 0 Å². The van der Waals surface area contributed by atoms with Gasteiger partial charge < -0.3 is 9.30 Å². The summed E-state index contributed by atoms with van der Waals surface area (Å²) in [5, 5.41) is 0.857. The Morgan fingerprint density at radius 1 is 0.837 bits per heavy atom. The van der Waals surface area contributed by atoms with Crippen molar-refractivity contribution in [1.82, 2.24) is 4.57 Å². The zero-order valence-corrected chi connectivity index (χ0v) is 25.3. The largest absolute Gasteiger partial charge is 0.466 e. The number of fused-ring (bicyclic) bond motifs is 1. The molecule has 1 aromatic heterocycles. The number of esters is 1. The molecule has 0 radical (unpaired) electrons. The highest BCUT2D eigenvalue weighted by molar-refractivity contribution is 7.93. The molecule has 1 atom stereocenters. The van der Waals surface area contributed by atoms with Crippen LogP contribution in [-0.2, 0) is 37.8 Å². The second-order valence-electron chi connectivity index (χ2n) is 10.5. The van der Waals surface area contributed by atoms with Crippen LogP contribution in [0, 0.1) is 6.92 Å². The third-order valence-electron chi connectivity index (χ3n) is 7.55. The van der Waals surface area contributed by atoms with E-state index in [1.165, 1.54) is 19.1 Å². The van der Waals surface area contributed by atoms with E-state index in [4.69, 9.17) is 4.74 Å². The van der Waals surface area contributed by atoms with Gasteiger partial charge in [-0.1, -0.05) is 84.4 Å². The molecule has 220 valence electrons. The normalized spacial score (nSPS) is 12.2. The minimum Gasteiger partial charge on any atom is -0.466 e. The lowest BCUT2D eigenvalue weighted by atomic mass is 9.87. The number of sulfonamides is 1. The number of para-hydroxylation sites is 2. The van der Waals surface area contributed by atoms with Gasteiger partial charge in [-0.05, 0) is 61.2 Å². The molecule has 1 unspecified atom stereocenters. The van der Waals surface area contributed by atoms with Crippen LogP contribution in [-0.4, -0.2) is 31.5 Å². The average Bonchev–Trinajstić information content (AvgIpc) is 3.27. The molecule has 0 bridgehead atoms. The fourth-order valence-electron chi connectivity index (χ4n) is 5.51. The SMILES string of the molecule is CC(=O)OCCCc1c(C(C(=O)N(c2ccccc2)S(=O)(=O)c2ccc(C)cc2)c2ccccc2)c2ccccc2n1C. The van der Waals surface area contributed by atoms with Crippen molar-refractivity contribution >= 4 is 38.5 Å². The molecule has 0 aliphatic rings. The van der Waals surface area contributed by atoms with E-state index < -0.39 is 21.8 Å². The molecule has 8 heteroatoms. The number of aryl methyl sites for hydroxylation is 2. The van der Waals surface area contributed by atoms with Crippen molar-refractivity contribution in [2.45, 2.75) is 37.5 Å². The number of carbonyl (C=O) groups excluding carboxylic acids is 2. The van der Waals surface area contributed by atoms with Crippen LogP contribution in [0.1, 0.15) is 41.6 Å². The summed E-state index contributed by atoms with van der Waals surface area (Å²) in [6.45, 7) is 3.49. The Balaban J connectivity index is 1.74. The fraction of sp³-hybridized carbons (Fsp3) is 0.200. The van der Waals surface area contributed by atoms with Crippen LogP contribution in [0.2, 0.25) is 0 Å². The van der Waals surface area contributed by atoms with Crippen LogP contribution < -0.4 is 4.31 Å². The first kappa shape index (κ1) is 29.8. The van der Waals surface area contributed by atoms with E-state index in [1.54, 1.807) is 42.5 Å². The maximum absolute atomic E-state index is 15.0. The topological polar surface area (TPSA) is 85.7 Å². The van der Waals surface area contributed by atoms with Crippen molar-refractivity contribution in [3.05, 3.63) is 132 Å². The van der Waals surface area contributed by atoms with E-state index in [0.717, 1.165) is 32.0 Å². The quantitative estimate of drug-likeness (QED) is 0.135. The highest BCUT2D eigenvalue weighted by atomic mass is 32.2. The van der Waals surface area contributed by atoms with Gasteiger partial charge in [-0.2, -0.15) is 0 Å². The molecular formula is C35H34N2O5S. The van der Waals surface area contributed by atoms with Crippen molar-refractivity contribution in [1.29, 1.82) is 0 Å². The third kappa shape index (κ3) is 6.10. The van der Waals surface area contributed by atoms with Gasteiger partial charge in [0.15, 0.2) is 0 Å². The number of carbonyl (C=O) groups is 2. The van der Waals surface area contributed by atoms with Crippen LogP contribution in [0.25, 0.3) is 10.9 Å². The molecule has 43 heavy (non-hydrogen) atoms. The van der Waals surface area contributed by atoms with Gasteiger partial charge in [0.1, 0.15) is 0 Å². The number of nitrogens with zero attached hydrogens (tertiary/aromatic N) is 2. The predicted octanol–water partition coefficient (Wildman–Crippen LogP) is 6.54. The molecule has 0 fully saturated rings. The number of anilines is 1. The van der Waals surface area contributed by atoms with Crippen molar-refractivity contribution in [3.8, 4) is 0 Å². The number of benzene rings is 4. The highest BCUT2D eigenvalue weighted by Crippen LogP contribution is 2.39. The van der Waals surface area contributed by atoms with Gasteiger partial charge in [0.25, 0.3) is 15.9 Å². The summed E-state index contributed by atoms with van der Waals surface area (Å²) in [7, 11) is -2.36. The molecule has 0 spiro atoms. The van der Waals surface area contributed by atoms with Crippen molar-refractivity contribution in [2.24, 2.45) is 7.05 Å². The summed E-state index contributed by atoms with van der Waals surface area (Å²) in [5.74, 6) is -1.89. The Bertz CT molecular complexity index is 1850. The van der Waals surface area contributed by atoms with E-state index in [-0.39, 0.29) is 23.2 Å². The molecule has 0 aliphatic heterocycles. The Hall–Kier alpha value is -4.69. The summed E-state index contributed by atoms with van der Waals surface area (Å²) >= 11 is 0. The lowest BCUT2D eigenvalue weighted by Gasteiger charge is -2.28. The molecule has 0 N–H and O–H groups in total. The number of aromatic nitrogens is 1. The van der Waals surface area contributed by atoms with Gasteiger partial charge in [0.05, 0.1) is 23.1 Å². The molecule has 1 amide bonds. The minimum absolute atomic E-state index is 0.0293. The number of hydrogen-bond acceptors (Lipinski definition) is 5. The van der Waals surface area contributed by atoms with E-state index in [1.807, 2.05) is 73.1 Å². The van der Waals surface area contributed by atoms with E-state index in [2.05, 4.69) is 0 Å². The number of rotatable bonds is 10. The van der Waals surface area contributed by atoms with Crippen molar-refractivity contribution in [3.63, 3.8) is 0 Å². The summed E-state index contributed by atoms with van der Waals surface area (Å²) in [6, 6.07) is 32.1. The van der Waals surface area contributed by atoms with Gasteiger partial charge >= 0.3 is 5.97 Å². The first-order valence-corrected chi connectivity index (χ1v) is 15.6. The predicted molar refractivity (Wildman–Crippen MR) is 168 cm³/mol. The molecule has 7 nitrogen and oxygen atoms in total. The average molecular weight is 595 g/mol. The van der Waals surface area contributed by atoms with E-state index in [9.17, 15) is 13.2 Å². The maximum Gasteiger partial charge on any atom is 0.302 e. The fourth-order valence-corrected chi connectivity index (χ4v) is 6.95. The second-order valence-corrected chi connectivity index (χ2v) is 12.3. The first-order valence-electron chi connectivity index (χ1n) is 14.2. The Morgan fingerprint density at radius 2 is 1.44 bits per heavy atom. The molecule has 1 heterocycles. The Labute approximate surface area is 252 Å². The maximum atomic E-state index is 15.0. The first-order chi connectivity index (χ1) is 20.7. The molecule has 0 saturated carbocycles. The van der Waals surface area contributed by atoms with Crippen molar-refractivity contribution < 1.29 is 22.7 Å². The van der Waals surface area contributed by atoms with Crippen LogP contribution in [0.15, 0.2) is 114 Å². The Kier molecular flexibility index (Phi) is 8.78. The van der Waals surface area contributed by atoms with Crippen LogP contribution in [0.4, 0.5) is 5.69 Å². The molecule has 4 aromatic carbocycles. The van der Waals surface area contributed by atoms with Gasteiger partial charge in [-0.25, -0.2) is 12.7 Å². The third-order valence-corrected chi connectivity index (χ3v) is 9.29. The lowest BCUT2D eigenvalue weighted by Crippen LogP contribution is -2.40. The molecule has 5 aromatic rings. The van der Waals surface area contributed by atoms with Crippen LogP contribution in [0.5, 0.6) is 0 Å². The number of amides is 1. The van der Waals surface area contributed by atoms with Gasteiger partial charge in [0, 0.05) is 30.6 Å². The molecule has 0 aliphatic carbocycles. The van der Waals surface area contributed by atoms with Gasteiger partial charge in [-0.15, -0.1) is 0 Å². The molecular weight excluding hydrogens is 560 g/mol. The van der Waals surface area contributed by atoms with E-state index in [0.29, 0.717) is 18.4 Å². The smallest absolute Gasteiger partial charge is 0.302 e.